The fourth-order valence-corrected chi connectivity index (χ4v) is 7.25. The standard InChI is InChI=1S/C26H38O7/c1-8-18-9-10-19-23(26(18,7)30)20(32-16(3)28)13-21-24(19,5)12-11-22(33-17(4)29)25(21,6)14-31-15(2)27/h8-9,19-23,30H,1,10-14H2,2-7H3. The maximum atomic E-state index is 12.1. The Morgan fingerprint density at radius 2 is 1.76 bits per heavy atom. The van der Waals surface area contributed by atoms with Gasteiger partial charge >= 0.3 is 17.9 Å². The maximum absolute atomic E-state index is 12.1. The number of allylic oxidation sites excluding steroid dienone is 1. The Hall–Kier alpha value is -2.15. The first-order valence-corrected chi connectivity index (χ1v) is 11.8. The minimum Gasteiger partial charge on any atom is -0.465 e. The van der Waals surface area contributed by atoms with E-state index in [1.807, 2.05) is 13.0 Å². The third-order valence-electron chi connectivity index (χ3n) is 8.68. The molecule has 8 atom stereocenters. The molecular formula is C26H38O7. The van der Waals surface area contributed by atoms with Gasteiger partial charge in [-0.3, -0.25) is 14.4 Å². The highest BCUT2D eigenvalue weighted by atomic mass is 16.6. The van der Waals surface area contributed by atoms with Crippen molar-refractivity contribution in [1.29, 1.82) is 0 Å². The molecule has 0 saturated heterocycles. The van der Waals surface area contributed by atoms with Crippen LogP contribution in [0.3, 0.4) is 0 Å². The number of rotatable bonds is 5. The van der Waals surface area contributed by atoms with Crippen molar-refractivity contribution in [3.05, 3.63) is 24.3 Å². The highest BCUT2D eigenvalue weighted by molar-refractivity contribution is 5.67. The molecule has 0 aliphatic heterocycles. The topological polar surface area (TPSA) is 99.1 Å². The van der Waals surface area contributed by atoms with Crippen LogP contribution in [0.2, 0.25) is 0 Å². The summed E-state index contributed by atoms with van der Waals surface area (Å²) in [6, 6.07) is 0. The largest absolute Gasteiger partial charge is 0.465 e. The lowest BCUT2D eigenvalue weighted by Crippen LogP contribution is -2.66. The quantitative estimate of drug-likeness (QED) is 0.491. The first kappa shape index (κ1) is 25.5. The normalized spacial score (nSPS) is 42.2. The molecule has 0 heterocycles. The number of aliphatic hydroxyl groups is 1. The van der Waals surface area contributed by atoms with Crippen LogP contribution in [0.25, 0.3) is 0 Å². The number of esters is 3. The zero-order chi connectivity index (χ0) is 24.8. The zero-order valence-corrected chi connectivity index (χ0v) is 20.7. The van der Waals surface area contributed by atoms with Crippen molar-refractivity contribution < 1.29 is 33.7 Å². The predicted molar refractivity (Wildman–Crippen MR) is 122 cm³/mol. The molecule has 0 aromatic rings. The van der Waals surface area contributed by atoms with E-state index in [0.717, 1.165) is 18.4 Å². The molecule has 0 aromatic carbocycles. The summed E-state index contributed by atoms with van der Waals surface area (Å²) < 4.78 is 17.1. The Morgan fingerprint density at radius 3 is 2.30 bits per heavy atom. The third kappa shape index (κ3) is 4.36. The predicted octanol–water partition coefficient (Wildman–Crippen LogP) is 3.74. The Kier molecular flexibility index (Phi) is 6.87. The average Bonchev–Trinajstić information content (AvgIpc) is 2.69. The lowest BCUT2D eigenvalue weighted by molar-refractivity contribution is -0.234. The van der Waals surface area contributed by atoms with Crippen molar-refractivity contribution >= 4 is 17.9 Å². The van der Waals surface area contributed by atoms with Crippen LogP contribution in [-0.2, 0) is 28.6 Å². The summed E-state index contributed by atoms with van der Waals surface area (Å²) in [6.45, 7) is 14.1. The first-order chi connectivity index (χ1) is 15.3. The van der Waals surface area contributed by atoms with E-state index in [9.17, 15) is 19.5 Å². The van der Waals surface area contributed by atoms with E-state index < -0.39 is 35.2 Å². The number of hydrogen-bond donors (Lipinski definition) is 1. The highest BCUT2D eigenvalue weighted by Gasteiger charge is 2.66. The lowest BCUT2D eigenvalue weighted by Gasteiger charge is -2.65. The summed E-state index contributed by atoms with van der Waals surface area (Å²) in [4.78, 5) is 35.8. The molecule has 184 valence electrons. The molecule has 3 aliphatic rings. The second-order valence-corrected chi connectivity index (χ2v) is 10.7. The molecule has 3 rings (SSSR count). The molecule has 0 amide bonds. The number of carbonyl (C=O) groups excluding carboxylic acids is 3. The van der Waals surface area contributed by atoms with E-state index in [1.165, 1.54) is 20.8 Å². The second kappa shape index (κ2) is 8.90. The van der Waals surface area contributed by atoms with Gasteiger partial charge in [0.2, 0.25) is 0 Å². The first-order valence-electron chi connectivity index (χ1n) is 11.8. The van der Waals surface area contributed by atoms with Crippen LogP contribution in [0, 0.1) is 28.6 Å². The van der Waals surface area contributed by atoms with Crippen molar-refractivity contribution in [3.63, 3.8) is 0 Å². The summed E-state index contributed by atoms with van der Waals surface area (Å²) in [6.07, 6.45) is 5.37. The minimum absolute atomic E-state index is 0.0224. The van der Waals surface area contributed by atoms with Crippen LogP contribution in [0.1, 0.15) is 67.2 Å². The van der Waals surface area contributed by atoms with Crippen LogP contribution in [-0.4, -0.2) is 47.4 Å². The molecule has 0 spiro atoms. The van der Waals surface area contributed by atoms with E-state index in [1.54, 1.807) is 13.0 Å². The van der Waals surface area contributed by atoms with Gasteiger partial charge in [0.15, 0.2) is 0 Å². The molecule has 2 fully saturated rings. The Balaban J connectivity index is 2.12. The van der Waals surface area contributed by atoms with Gasteiger partial charge in [0.25, 0.3) is 0 Å². The summed E-state index contributed by atoms with van der Waals surface area (Å²) in [5.74, 6) is -1.51. The maximum Gasteiger partial charge on any atom is 0.302 e. The number of hydrogen-bond acceptors (Lipinski definition) is 7. The molecule has 7 heteroatoms. The van der Waals surface area contributed by atoms with Crippen LogP contribution < -0.4 is 0 Å². The van der Waals surface area contributed by atoms with E-state index >= 15 is 0 Å². The van der Waals surface area contributed by atoms with Crippen LogP contribution >= 0.6 is 0 Å². The van der Waals surface area contributed by atoms with Gasteiger partial charge in [0.05, 0.1) is 5.60 Å². The van der Waals surface area contributed by atoms with Crippen LogP contribution in [0.4, 0.5) is 0 Å². The Labute approximate surface area is 196 Å². The highest BCUT2D eigenvalue weighted by Crippen LogP contribution is 2.65. The van der Waals surface area contributed by atoms with Crippen molar-refractivity contribution in [3.8, 4) is 0 Å². The van der Waals surface area contributed by atoms with Crippen molar-refractivity contribution in [2.75, 3.05) is 6.61 Å². The molecule has 2 saturated carbocycles. The number of carbonyl (C=O) groups is 3. The van der Waals surface area contributed by atoms with Crippen LogP contribution in [0.15, 0.2) is 24.3 Å². The van der Waals surface area contributed by atoms with E-state index in [4.69, 9.17) is 14.2 Å². The molecule has 1 N–H and O–H groups in total. The summed E-state index contributed by atoms with van der Waals surface area (Å²) >= 11 is 0. The van der Waals surface area contributed by atoms with Crippen LogP contribution in [0.5, 0.6) is 0 Å². The summed E-state index contributed by atoms with van der Waals surface area (Å²) in [7, 11) is 0. The molecule has 0 radical (unpaired) electrons. The van der Waals surface area contributed by atoms with Gasteiger partial charge in [-0.1, -0.05) is 32.6 Å². The number of ether oxygens (including phenoxy) is 3. The zero-order valence-electron chi connectivity index (χ0n) is 20.7. The SMILES string of the molecule is C=CC1=CCC2C(C(OC(C)=O)CC3C(C)(COC(C)=O)C(OC(C)=O)CCC23C)C1(C)O. The lowest BCUT2D eigenvalue weighted by atomic mass is 9.42. The molecule has 0 bridgehead atoms. The minimum atomic E-state index is -1.20. The fourth-order valence-electron chi connectivity index (χ4n) is 7.25. The van der Waals surface area contributed by atoms with E-state index in [2.05, 4.69) is 13.5 Å². The van der Waals surface area contributed by atoms with Crippen molar-refractivity contribution in [1.82, 2.24) is 0 Å². The monoisotopic (exact) mass is 462 g/mol. The molecule has 3 aliphatic carbocycles. The fraction of sp³-hybridized carbons (Fsp3) is 0.731. The Morgan fingerprint density at radius 1 is 1.12 bits per heavy atom. The molecule has 33 heavy (non-hydrogen) atoms. The second-order valence-electron chi connectivity index (χ2n) is 10.7. The van der Waals surface area contributed by atoms with Crippen molar-refractivity contribution in [2.24, 2.45) is 28.6 Å². The average molecular weight is 463 g/mol. The van der Waals surface area contributed by atoms with Gasteiger partial charge in [-0.25, -0.2) is 0 Å². The Bertz CT molecular complexity index is 859. The molecule has 8 unspecified atom stereocenters. The van der Waals surface area contributed by atoms with E-state index in [0.29, 0.717) is 12.8 Å². The summed E-state index contributed by atoms with van der Waals surface area (Å²) in [5, 5.41) is 11.6. The molecular weight excluding hydrogens is 424 g/mol. The van der Waals surface area contributed by atoms with Gasteiger partial charge < -0.3 is 19.3 Å². The summed E-state index contributed by atoms with van der Waals surface area (Å²) in [5.41, 5.74) is -1.36. The molecule has 0 aromatic heterocycles. The smallest absolute Gasteiger partial charge is 0.302 e. The van der Waals surface area contributed by atoms with Gasteiger partial charge in [-0.15, -0.1) is 0 Å². The van der Waals surface area contributed by atoms with Gasteiger partial charge in [-0.2, -0.15) is 0 Å². The van der Waals surface area contributed by atoms with Gasteiger partial charge in [0.1, 0.15) is 18.8 Å². The van der Waals surface area contributed by atoms with Gasteiger partial charge in [-0.05, 0) is 55.4 Å². The van der Waals surface area contributed by atoms with Crippen molar-refractivity contribution in [2.45, 2.75) is 85.0 Å². The van der Waals surface area contributed by atoms with Gasteiger partial charge in [0, 0.05) is 32.1 Å². The number of fused-ring (bicyclic) bond motifs is 3. The molecule has 7 nitrogen and oxygen atoms in total. The third-order valence-corrected chi connectivity index (χ3v) is 8.68. The van der Waals surface area contributed by atoms with E-state index in [-0.39, 0.29) is 35.7 Å².